The molecular formula is C15H27NO4. The number of nitrogens with one attached hydrogen (secondary N) is 1. The van der Waals surface area contributed by atoms with Gasteiger partial charge in [-0.1, -0.05) is 25.7 Å². The number of rotatable bonds is 9. The van der Waals surface area contributed by atoms with Gasteiger partial charge < -0.3 is 15.2 Å². The monoisotopic (exact) mass is 285 g/mol. The molecule has 0 aliphatic heterocycles. The first-order chi connectivity index (χ1) is 9.45. The molecule has 5 heteroatoms. The van der Waals surface area contributed by atoms with Crippen LogP contribution in [0.4, 0.5) is 0 Å². The number of ether oxygens (including phenoxy) is 1. The number of carboxylic acid groups (broad SMARTS) is 1. The van der Waals surface area contributed by atoms with E-state index in [2.05, 4.69) is 5.32 Å². The summed E-state index contributed by atoms with van der Waals surface area (Å²) in [5.41, 5.74) is -0.828. The quantitative estimate of drug-likeness (QED) is 0.682. The highest BCUT2D eigenvalue weighted by Gasteiger charge is 2.29. The fraction of sp³-hybridized carbons (Fsp3) is 0.867. The molecule has 0 aromatic heterocycles. The molecule has 0 aromatic carbocycles. The van der Waals surface area contributed by atoms with Gasteiger partial charge in [-0.15, -0.1) is 0 Å². The van der Waals surface area contributed by atoms with Gasteiger partial charge in [0.15, 0.2) is 0 Å². The Kier molecular flexibility index (Phi) is 6.99. The lowest BCUT2D eigenvalue weighted by Crippen LogP contribution is -2.50. The first-order valence-corrected chi connectivity index (χ1v) is 7.47. The maximum Gasteiger partial charge on any atom is 0.305 e. The Bertz CT molecular complexity index is 326. The maximum absolute atomic E-state index is 11.9. The third kappa shape index (κ3) is 6.37. The lowest BCUT2D eigenvalue weighted by Gasteiger charge is -2.28. The zero-order chi connectivity index (χ0) is 15.0. The molecule has 5 nitrogen and oxygen atoms in total. The lowest BCUT2D eigenvalue weighted by molar-refractivity contribution is -0.139. The second-order valence-electron chi connectivity index (χ2n) is 6.16. The van der Waals surface area contributed by atoms with Crippen LogP contribution >= 0.6 is 0 Å². The van der Waals surface area contributed by atoms with Crippen LogP contribution in [0.5, 0.6) is 0 Å². The van der Waals surface area contributed by atoms with Crippen LogP contribution in [0.1, 0.15) is 58.3 Å². The lowest BCUT2D eigenvalue weighted by atomic mass is 9.97. The highest BCUT2D eigenvalue weighted by atomic mass is 16.5. The minimum Gasteiger partial charge on any atom is -0.481 e. The summed E-state index contributed by atoms with van der Waals surface area (Å²) in [6, 6.07) is 0. The molecule has 1 fully saturated rings. The molecule has 1 unspecified atom stereocenters. The van der Waals surface area contributed by atoms with E-state index in [1.54, 1.807) is 6.92 Å². The van der Waals surface area contributed by atoms with Crippen LogP contribution in [-0.2, 0) is 14.3 Å². The molecular weight excluding hydrogens is 258 g/mol. The summed E-state index contributed by atoms with van der Waals surface area (Å²) in [6.07, 6.45) is 7.55. The molecule has 0 radical (unpaired) electrons. The van der Waals surface area contributed by atoms with Gasteiger partial charge in [0, 0.05) is 13.5 Å². The third-order valence-electron chi connectivity index (χ3n) is 3.94. The number of amides is 1. The molecule has 1 amide bonds. The molecule has 0 saturated heterocycles. The van der Waals surface area contributed by atoms with E-state index >= 15 is 0 Å². The van der Waals surface area contributed by atoms with E-state index < -0.39 is 11.5 Å². The fourth-order valence-electron chi connectivity index (χ4n) is 3.03. The van der Waals surface area contributed by atoms with Crippen LogP contribution in [0.15, 0.2) is 0 Å². The average molecular weight is 285 g/mol. The van der Waals surface area contributed by atoms with Crippen LogP contribution in [0, 0.1) is 5.92 Å². The van der Waals surface area contributed by atoms with Crippen molar-refractivity contribution < 1.29 is 19.4 Å². The van der Waals surface area contributed by atoms with E-state index in [1.165, 1.54) is 32.8 Å². The van der Waals surface area contributed by atoms with Crippen LogP contribution in [0.25, 0.3) is 0 Å². The van der Waals surface area contributed by atoms with E-state index in [4.69, 9.17) is 9.84 Å². The van der Waals surface area contributed by atoms with Crippen LogP contribution < -0.4 is 5.32 Å². The summed E-state index contributed by atoms with van der Waals surface area (Å²) in [6.45, 7) is 1.91. The number of carboxylic acids is 1. The van der Waals surface area contributed by atoms with Crippen molar-refractivity contribution in [3.63, 3.8) is 0 Å². The molecule has 2 N–H and O–H groups in total. The van der Waals surface area contributed by atoms with Gasteiger partial charge in [-0.25, -0.2) is 0 Å². The molecule has 116 valence electrons. The molecule has 1 saturated carbocycles. The van der Waals surface area contributed by atoms with Gasteiger partial charge in [-0.2, -0.15) is 0 Å². The molecule has 0 aromatic rings. The molecule has 0 bridgehead atoms. The van der Waals surface area contributed by atoms with Crippen LogP contribution in [-0.4, -0.2) is 36.2 Å². The second kappa shape index (κ2) is 8.25. The first-order valence-electron chi connectivity index (χ1n) is 7.47. The summed E-state index contributed by atoms with van der Waals surface area (Å²) in [4.78, 5) is 22.8. The fourth-order valence-corrected chi connectivity index (χ4v) is 3.03. The smallest absolute Gasteiger partial charge is 0.305 e. The maximum atomic E-state index is 11.9. The van der Waals surface area contributed by atoms with Crippen molar-refractivity contribution in [3.05, 3.63) is 0 Å². The number of hydrogen-bond acceptors (Lipinski definition) is 3. The summed E-state index contributed by atoms with van der Waals surface area (Å²) in [5, 5.41) is 11.7. The van der Waals surface area contributed by atoms with Crippen molar-refractivity contribution in [2.45, 2.75) is 63.8 Å². The molecule has 1 atom stereocenters. The minimum atomic E-state index is -0.934. The summed E-state index contributed by atoms with van der Waals surface area (Å²) in [7, 11) is 1.51. The van der Waals surface area contributed by atoms with Gasteiger partial charge in [-0.05, 0) is 25.7 Å². The zero-order valence-corrected chi connectivity index (χ0v) is 12.6. The number of aliphatic carboxylic acids is 1. The van der Waals surface area contributed by atoms with Crippen molar-refractivity contribution >= 4 is 11.9 Å². The number of methoxy groups -OCH3 is 1. The van der Waals surface area contributed by atoms with Crippen molar-refractivity contribution in [2.75, 3.05) is 13.7 Å². The SMILES string of the molecule is COCC(C)(CC(=O)O)NC(=O)CCCC1CCCC1. The number of carbonyl (C=O) groups is 2. The van der Waals surface area contributed by atoms with Gasteiger partial charge in [0.1, 0.15) is 0 Å². The normalized spacial score (nSPS) is 18.7. The highest BCUT2D eigenvalue weighted by Crippen LogP contribution is 2.28. The van der Waals surface area contributed by atoms with Gasteiger partial charge in [-0.3, -0.25) is 9.59 Å². The molecule has 0 spiro atoms. The van der Waals surface area contributed by atoms with E-state index in [0.29, 0.717) is 6.42 Å². The van der Waals surface area contributed by atoms with Crippen LogP contribution in [0.3, 0.4) is 0 Å². The van der Waals surface area contributed by atoms with Gasteiger partial charge in [0.25, 0.3) is 0 Å². The van der Waals surface area contributed by atoms with Crippen molar-refractivity contribution in [3.8, 4) is 0 Å². The summed E-state index contributed by atoms with van der Waals surface area (Å²) in [5.74, 6) is -0.230. The zero-order valence-electron chi connectivity index (χ0n) is 12.6. The highest BCUT2D eigenvalue weighted by molar-refractivity contribution is 5.78. The summed E-state index contributed by atoms with van der Waals surface area (Å²) >= 11 is 0. The van der Waals surface area contributed by atoms with E-state index in [-0.39, 0.29) is 18.9 Å². The Hall–Kier alpha value is -1.10. The number of carbonyl (C=O) groups excluding carboxylic acids is 1. The Morgan fingerprint density at radius 3 is 2.55 bits per heavy atom. The van der Waals surface area contributed by atoms with Gasteiger partial charge in [0.2, 0.25) is 5.91 Å². The Morgan fingerprint density at radius 1 is 1.35 bits per heavy atom. The minimum absolute atomic E-state index is 0.0798. The first kappa shape index (κ1) is 17.0. The predicted molar refractivity (Wildman–Crippen MR) is 76.5 cm³/mol. The average Bonchev–Trinajstić information content (AvgIpc) is 2.80. The summed E-state index contributed by atoms with van der Waals surface area (Å²) < 4.78 is 5.02. The Morgan fingerprint density at radius 2 is 2.00 bits per heavy atom. The van der Waals surface area contributed by atoms with Crippen molar-refractivity contribution in [1.82, 2.24) is 5.32 Å². The van der Waals surface area contributed by atoms with E-state index in [1.807, 2.05) is 0 Å². The Labute approximate surface area is 121 Å². The third-order valence-corrected chi connectivity index (χ3v) is 3.94. The van der Waals surface area contributed by atoms with Crippen LogP contribution in [0.2, 0.25) is 0 Å². The molecule has 20 heavy (non-hydrogen) atoms. The van der Waals surface area contributed by atoms with E-state index in [0.717, 1.165) is 18.8 Å². The van der Waals surface area contributed by atoms with Gasteiger partial charge in [0.05, 0.1) is 18.6 Å². The largest absolute Gasteiger partial charge is 0.481 e. The topological polar surface area (TPSA) is 75.6 Å². The van der Waals surface area contributed by atoms with Gasteiger partial charge >= 0.3 is 5.97 Å². The molecule has 1 rings (SSSR count). The number of hydrogen-bond donors (Lipinski definition) is 2. The molecule has 0 heterocycles. The van der Waals surface area contributed by atoms with E-state index in [9.17, 15) is 9.59 Å². The second-order valence-corrected chi connectivity index (χ2v) is 6.16. The molecule has 1 aliphatic rings. The van der Waals surface area contributed by atoms with Crippen molar-refractivity contribution in [2.24, 2.45) is 5.92 Å². The standard InChI is InChI=1S/C15H27NO4/c1-15(11-20-2,10-14(18)19)16-13(17)9-5-8-12-6-3-4-7-12/h12H,3-11H2,1-2H3,(H,16,17)(H,18,19). The molecule has 1 aliphatic carbocycles. The Balaban J connectivity index is 2.31. The van der Waals surface area contributed by atoms with Crippen molar-refractivity contribution in [1.29, 1.82) is 0 Å². The predicted octanol–water partition coefficient (Wildman–Crippen LogP) is 2.34.